The molecule has 57 heavy (non-hydrogen) atoms. The smallest absolute Gasteiger partial charge is 0.329 e. The lowest BCUT2D eigenvalue weighted by Crippen LogP contribution is -2.45. The number of piperidine rings is 2. The maximum absolute atomic E-state index is 13.5. The van der Waals surface area contributed by atoms with E-state index < -0.39 is 17.6 Å². The first kappa shape index (κ1) is 38.9. The summed E-state index contributed by atoms with van der Waals surface area (Å²) in [7, 11) is 4.02. The average Bonchev–Trinajstić information content (AvgIpc) is 3.72. The van der Waals surface area contributed by atoms with Crippen LogP contribution in [0.2, 0.25) is 0 Å². The molecule has 14 nitrogen and oxygen atoms in total. The van der Waals surface area contributed by atoms with Crippen molar-refractivity contribution in [2.75, 3.05) is 36.9 Å². The van der Waals surface area contributed by atoms with Gasteiger partial charge in [-0.1, -0.05) is 6.07 Å². The zero-order valence-electron chi connectivity index (χ0n) is 33.2. The Bertz CT molecular complexity index is 2410. The molecule has 1 saturated carbocycles. The van der Waals surface area contributed by atoms with Gasteiger partial charge in [0.2, 0.25) is 11.8 Å². The van der Waals surface area contributed by atoms with Gasteiger partial charge in [0.1, 0.15) is 11.7 Å². The first-order valence-corrected chi connectivity index (χ1v) is 20.8. The Balaban J connectivity index is 0.883. The van der Waals surface area contributed by atoms with Crippen LogP contribution in [-0.4, -0.2) is 84.5 Å². The fourth-order valence-electron chi connectivity index (χ4n) is 9.13. The lowest BCUT2D eigenvalue weighted by molar-refractivity contribution is -0.135. The molecule has 5 aromatic rings. The monoisotopic (exact) mass is 793 g/mol. The van der Waals surface area contributed by atoms with Gasteiger partial charge < -0.3 is 20.2 Å². The van der Waals surface area contributed by atoms with Gasteiger partial charge in [0.05, 0.1) is 49.4 Å². The highest BCUT2D eigenvalue weighted by Gasteiger charge is 2.34. The molecule has 15 heteroatoms. The van der Waals surface area contributed by atoms with E-state index in [4.69, 9.17) is 4.98 Å². The van der Waals surface area contributed by atoms with E-state index in [1.807, 2.05) is 24.3 Å². The number of imidazole rings is 1. The number of thiazole rings is 1. The van der Waals surface area contributed by atoms with Gasteiger partial charge >= 0.3 is 5.69 Å². The highest BCUT2D eigenvalue weighted by Crippen LogP contribution is 2.42. The number of amides is 3. The van der Waals surface area contributed by atoms with Gasteiger partial charge in [-0.2, -0.15) is 0 Å². The molecule has 2 aliphatic heterocycles. The third kappa shape index (κ3) is 7.72. The van der Waals surface area contributed by atoms with Gasteiger partial charge in [-0.3, -0.25) is 33.8 Å². The molecule has 300 valence electrons. The molecule has 2 saturated heterocycles. The molecule has 0 radical (unpaired) electrons. The van der Waals surface area contributed by atoms with Gasteiger partial charge in [-0.05, 0) is 103 Å². The van der Waals surface area contributed by atoms with E-state index in [1.54, 1.807) is 54.5 Å². The molecular weight excluding hydrogens is 743 g/mol. The number of hydrogen-bond donors (Lipinski definition) is 3. The number of carbonyl (C=O) groups excluding carboxylic acids is 3. The fraction of sp³-hybridized carbons (Fsp3) is 0.500. The van der Waals surface area contributed by atoms with E-state index in [0.29, 0.717) is 41.2 Å². The minimum absolute atomic E-state index is 0.215. The topological polar surface area (TPSA) is 168 Å². The van der Waals surface area contributed by atoms with Gasteiger partial charge in [0, 0.05) is 62.5 Å². The average molecular weight is 794 g/mol. The fourth-order valence-corrected chi connectivity index (χ4v) is 10.3. The Kier molecular flexibility index (Phi) is 10.5. The molecule has 2 aromatic carbocycles. The van der Waals surface area contributed by atoms with Crippen LogP contribution in [0.3, 0.4) is 0 Å². The summed E-state index contributed by atoms with van der Waals surface area (Å²) < 4.78 is 4.18. The molecule has 5 heterocycles. The molecule has 1 atom stereocenters. The zero-order chi connectivity index (χ0) is 40.2. The number of nitrogens with zero attached hydrogens (tertiary/aromatic N) is 7. The summed E-state index contributed by atoms with van der Waals surface area (Å²) in [6.07, 6.45) is 10.0. The molecule has 3 N–H and O–H groups in total. The van der Waals surface area contributed by atoms with Crippen molar-refractivity contribution in [2.45, 2.75) is 95.7 Å². The van der Waals surface area contributed by atoms with E-state index >= 15 is 0 Å². The highest BCUT2D eigenvalue weighted by molar-refractivity contribution is 7.18. The van der Waals surface area contributed by atoms with E-state index in [0.717, 1.165) is 90.1 Å². The summed E-state index contributed by atoms with van der Waals surface area (Å²) in [5, 5.41) is 17.5. The number of para-hydroxylation sites is 1. The summed E-state index contributed by atoms with van der Waals surface area (Å²) in [6, 6.07) is 9.51. The predicted octanol–water partition coefficient (Wildman–Crippen LogP) is 5.38. The second-order valence-corrected chi connectivity index (χ2v) is 17.7. The zero-order valence-corrected chi connectivity index (χ0v) is 34.1. The van der Waals surface area contributed by atoms with Crippen LogP contribution in [0.15, 0.2) is 47.5 Å². The van der Waals surface area contributed by atoms with Crippen LogP contribution in [0, 0.1) is 12.8 Å². The number of hydrogen-bond acceptors (Lipinski definition) is 11. The van der Waals surface area contributed by atoms with Crippen molar-refractivity contribution in [3.63, 3.8) is 0 Å². The number of benzene rings is 2. The Morgan fingerprint density at radius 2 is 1.79 bits per heavy atom. The molecule has 3 aromatic heterocycles. The number of carbonyl (C=O) groups is 3. The molecule has 8 rings (SSSR count). The van der Waals surface area contributed by atoms with Crippen LogP contribution in [0.1, 0.15) is 104 Å². The standard InChI is InChI=1S/C42H51N9O5S/c1-24-21-43-22-31(44-24)38(53)45-29-20-35-30(19-28(29)42(2,3)56)46-40(57-35)26-11-9-25(10-12-26)23-48(4)27-15-17-50(18-16-27)32-7-6-8-33-37(32)49(5)41(55)51(33)34-13-14-36(52)47-39(34)54/h6-8,19-22,25-27,34,56H,9-18,23H2,1-5H3,(H,45,53)(H,47,52,54)/t25-,26-,34?. The number of aliphatic hydroxyl groups is 1. The Morgan fingerprint density at radius 1 is 1.04 bits per heavy atom. The summed E-state index contributed by atoms with van der Waals surface area (Å²) in [4.78, 5) is 69.5. The first-order chi connectivity index (χ1) is 27.2. The van der Waals surface area contributed by atoms with E-state index in [2.05, 4.69) is 43.5 Å². The molecule has 3 aliphatic rings. The predicted molar refractivity (Wildman–Crippen MR) is 221 cm³/mol. The van der Waals surface area contributed by atoms with Gasteiger partial charge in [0.25, 0.3) is 5.91 Å². The van der Waals surface area contributed by atoms with Gasteiger partial charge in [0.15, 0.2) is 0 Å². The van der Waals surface area contributed by atoms with Crippen LogP contribution in [0.25, 0.3) is 21.3 Å². The first-order valence-electron chi connectivity index (χ1n) is 20.0. The van der Waals surface area contributed by atoms with Crippen molar-refractivity contribution in [3.8, 4) is 0 Å². The maximum atomic E-state index is 13.5. The molecule has 0 spiro atoms. The van der Waals surface area contributed by atoms with Crippen LogP contribution < -0.4 is 21.2 Å². The van der Waals surface area contributed by atoms with E-state index in [-0.39, 0.29) is 29.6 Å². The van der Waals surface area contributed by atoms with Crippen molar-refractivity contribution in [2.24, 2.45) is 13.0 Å². The Morgan fingerprint density at radius 3 is 2.49 bits per heavy atom. The summed E-state index contributed by atoms with van der Waals surface area (Å²) in [5.41, 5.74) is 3.95. The van der Waals surface area contributed by atoms with Crippen molar-refractivity contribution >= 4 is 61.7 Å². The highest BCUT2D eigenvalue weighted by atomic mass is 32.1. The van der Waals surface area contributed by atoms with Crippen molar-refractivity contribution in [1.82, 2.24) is 34.3 Å². The SMILES string of the molecule is Cc1cncc(C(=O)Nc2cc3sc([C@H]4CC[C@H](CN(C)C5CCN(c6cccc7c6n(C)c(=O)n7C6CCC(=O)NC6=O)CC5)CC4)nc3cc2C(C)(C)O)n1. The van der Waals surface area contributed by atoms with Crippen molar-refractivity contribution in [3.05, 3.63) is 75.2 Å². The van der Waals surface area contributed by atoms with Crippen LogP contribution >= 0.6 is 11.3 Å². The number of fused-ring (bicyclic) bond motifs is 2. The number of anilines is 2. The molecule has 1 unspecified atom stereocenters. The third-order valence-electron chi connectivity index (χ3n) is 12.2. The molecular formula is C42H51N9O5S. The van der Waals surface area contributed by atoms with Crippen molar-refractivity contribution < 1.29 is 19.5 Å². The second kappa shape index (κ2) is 15.4. The van der Waals surface area contributed by atoms with E-state index in [9.17, 15) is 24.3 Å². The number of aryl methyl sites for hydroxylation is 2. The normalized spacial score (nSPS) is 21.1. The summed E-state index contributed by atoms with van der Waals surface area (Å²) in [5.74, 6) is -0.105. The largest absolute Gasteiger partial charge is 0.386 e. The Hall–Kier alpha value is -4.99. The van der Waals surface area contributed by atoms with Crippen LogP contribution in [-0.2, 0) is 22.2 Å². The van der Waals surface area contributed by atoms with E-state index in [1.165, 1.54) is 6.20 Å². The molecule has 1 aliphatic carbocycles. The lowest BCUT2D eigenvalue weighted by Gasteiger charge is -2.40. The summed E-state index contributed by atoms with van der Waals surface area (Å²) in [6.45, 7) is 8.01. The maximum Gasteiger partial charge on any atom is 0.329 e. The molecule has 3 fully saturated rings. The van der Waals surface area contributed by atoms with Gasteiger partial charge in [-0.25, -0.2) is 14.8 Å². The second-order valence-electron chi connectivity index (χ2n) is 16.7. The van der Waals surface area contributed by atoms with Crippen LogP contribution in [0.4, 0.5) is 11.4 Å². The number of imide groups is 1. The lowest BCUT2D eigenvalue weighted by atomic mass is 9.82. The van der Waals surface area contributed by atoms with Crippen LogP contribution in [0.5, 0.6) is 0 Å². The van der Waals surface area contributed by atoms with Crippen molar-refractivity contribution in [1.29, 1.82) is 0 Å². The third-order valence-corrected chi connectivity index (χ3v) is 13.4. The quantitative estimate of drug-likeness (QED) is 0.165. The number of rotatable bonds is 9. The number of nitrogens with one attached hydrogen (secondary N) is 2. The van der Waals surface area contributed by atoms with Gasteiger partial charge in [-0.15, -0.1) is 11.3 Å². The molecule has 0 bridgehead atoms. The minimum atomic E-state index is -1.19. The summed E-state index contributed by atoms with van der Waals surface area (Å²) >= 11 is 1.67. The Labute approximate surface area is 335 Å². The minimum Gasteiger partial charge on any atom is -0.386 e. The molecule has 3 amide bonds. The number of aromatic nitrogens is 5.